The van der Waals surface area contributed by atoms with Crippen LogP contribution in [-0.2, 0) is 24.6 Å². The third-order valence-corrected chi connectivity index (χ3v) is 11.3. The number of nitrogens with zero attached hydrogens (tertiary/aromatic N) is 3. The van der Waals surface area contributed by atoms with Gasteiger partial charge >= 0.3 is 0 Å². The number of fused-ring (bicyclic) bond motifs is 4. The third kappa shape index (κ3) is 4.48. The number of hydrogen-bond acceptors (Lipinski definition) is 7. The van der Waals surface area contributed by atoms with Gasteiger partial charge in [-0.3, -0.25) is 29.3 Å². The van der Waals surface area contributed by atoms with Crippen molar-refractivity contribution in [3.05, 3.63) is 140 Å². The molecule has 8 rings (SSSR count). The Bertz CT molecular complexity index is 2190. The van der Waals surface area contributed by atoms with E-state index in [9.17, 15) is 29.6 Å². The number of imide groups is 2. The van der Waals surface area contributed by atoms with Crippen LogP contribution in [0.4, 0.5) is 17.1 Å². The Morgan fingerprint density at radius 2 is 1.50 bits per heavy atom. The summed E-state index contributed by atoms with van der Waals surface area (Å²) in [5.41, 5.74) is 0.352. The number of allylic oxidation sites excluding steroid dienone is 2. The minimum Gasteiger partial charge on any atom is -0.508 e. The van der Waals surface area contributed by atoms with E-state index in [2.05, 4.69) is 0 Å². The SMILES string of the molecule is O=C1C2CC=C3C(CC4C(=O)N(c5cccc(Cl)c5)C(=O)C4(c4ccccc4)C3c3ccc(O)cc3Cl)C2C(=O)N1c1cccc([N+](=O)[O-])c1. The molecule has 6 unspecified atom stereocenters. The molecule has 4 aliphatic rings. The van der Waals surface area contributed by atoms with Crippen LogP contribution in [0.1, 0.15) is 29.9 Å². The van der Waals surface area contributed by atoms with Gasteiger partial charge < -0.3 is 5.11 Å². The van der Waals surface area contributed by atoms with Gasteiger partial charge in [-0.2, -0.15) is 0 Å². The van der Waals surface area contributed by atoms with Crippen LogP contribution in [-0.4, -0.2) is 33.7 Å². The molecule has 10 nitrogen and oxygen atoms in total. The summed E-state index contributed by atoms with van der Waals surface area (Å²) in [5, 5.41) is 22.4. The third-order valence-electron chi connectivity index (χ3n) is 10.8. The standard InChI is InChI=1S/C38H27Cl2N3O7/c39-21-8-4-9-22(16-21)42-35(46)30-19-29-26(14-15-28-32(29)36(47)41(34(28)45)23-10-5-11-24(17-23)43(49)50)33(27-13-12-25(44)18-31(27)40)38(30,37(42)48)20-6-2-1-3-7-20/h1-14,16-18,28-30,32-33,44H,15,19H2. The second-order valence-corrected chi connectivity index (χ2v) is 13.9. The van der Waals surface area contributed by atoms with E-state index >= 15 is 4.79 Å². The first-order valence-electron chi connectivity index (χ1n) is 16.0. The zero-order valence-corrected chi connectivity index (χ0v) is 27.6. The summed E-state index contributed by atoms with van der Waals surface area (Å²) in [5.74, 6) is -6.29. The fraction of sp³-hybridized carbons (Fsp3) is 0.211. The minimum atomic E-state index is -1.53. The van der Waals surface area contributed by atoms with Gasteiger partial charge in [0.15, 0.2) is 0 Å². The second-order valence-electron chi connectivity index (χ2n) is 13.1. The fourth-order valence-corrected chi connectivity index (χ4v) is 9.31. The maximum absolute atomic E-state index is 15.2. The molecule has 0 aromatic heterocycles. The molecule has 0 spiro atoms. The van der Waals surface area contributed by atoms with Crippen molar-refractivity contribution in [1.29, 1.82) is 0 Å². The van der Waals surface area contributed by atoms with Crippen LogP contribution < -0.4 is 9.80 Å². The van der Waals surface area contributed by atoms with Gasteiger partial charge in [0.2, 0.25) is 23.6 Å². The molecule has 2 aliphatic carbocycles. The highest BCUT2D eigenvalue weighted by Gasteiger charge is 2.70. The number of carbonyl (C=O) groups is 4. The number of non-ortho nitro benzene ring substituents is 1. The number of anilines is 2. The fourth-order valence-electron chi connectivity index (χ4n) is 8.84. The molecule has 2 saturated heterocycles. The van der Waals surface area contributed by atoms with E-state index in [1.54, 1.807) is 42.5 Å². The number of aromatic hydroxyl groups is 1. The van der Waals surface area contributed by atoms with Gasteiger partial charge in [0.1, 0.15) is 5.75 Å². The first-order valence-corrected chi connectivity index (χ1v) is 16.8. The van der Waals surface area contributed by atoms with E-state index in [-0.39, 0.29) is 35.0 Å². The minimum absolute atomic E-state index is 0.0670. The van der Waals surface area contributed by atoms with Gasteiger partial charge in [0.25, 0.3) is 5.69 Å². The summed E-state index contributed by atoms with van der Waals surface area (Å²) >= 11 is 13.3. The lowest BCUT2D eigenvalue weighted by Crippen LogP contribution is -2.53. The predicted octanol–water partition coefficient (Wildman–Crippen LogP) is 6.97. The molecule has 4 aromatic carbocycles. The average molecular weight is 709 g/mol. The van der Waals surface area contributed by atoms with Crippen molar-refractivity contribution in [2.45, 2.75) is 24.2 Å². The van der Waals surface area contributed by atoms with Crippen molar-refractivity contribution in [3.8, 4) is 5.75 Å². The van der Waals surface area contributed by atoms with Crippen LogP contribution >= 0.6 is 23.2 Å². The summed E-state index contributed by atoms with van der Waals surface area (Å²) in [6.07, 6.45) is 2.12. The largest absolute Gasteiger partial charge is 0.508 e. The Morgan fingerprint density at radius 1 is 0.780 bits per heavy atom. The van der Waals surface area contributed by atoms with Crippen molar-refractivity contribution in [2.75, 3.05) is 9.80 Å². The van der Waals surface area contributed by atoms with E-state index in [0.717, 1.165) is 9.80 Å². The Morgan fingerprint density at radius 3 is 2.20 bits per heavy atom. The van der Waals surface area contributed by atoms with E-state index in [4.69, 9.17) is 23.2 Å². The molecule has 0 radical (unpaired) electrons. The van der Waals surface area contributed by atoms with Gasteiger partial charge in [-0.1, -0.05) is 83.4 Å². The summed E-state index contributed by atoms with van der Waals surface area (Å²) < 4.78 is 0. The molecule has 1 saturated carbocycles. The highest BCUT2D eigenvalue weighted by Crippen LogP contribution is 2.65. The molecule has 250 valence electrons. The number of phenolic OH excluding ortho intramolecular Hbond substituents is 1. The Balaban J connectivity index is 1.34. The van der Waals surface area contributed by atoms with Crippen LogP contribution in [0.3, 0.4) is 0 Å². The van der Waals surface area contributed by atoms with Crippen molar-refractivity contribution < 1.29 is 29.2 Å². The quantitative estimate of drug-likeness (QED) is 0.102. The van der Waals surface area contributed by atoms with Crippen LogP contribution in [0, 0.1) is 33.8 Å². The summed E-state index contributed by atoms with van der Waals surface area (Å²) in [6, 6.07) is 25.4. The van der Waals surface area contributed by atoms with Gasteiger partial charge in [0.05, 0.1) is 39.5 Å². The normalized spacial score (nSPS) is 27.2. The summed E-state index contributed by atoms with van der Waals surface area (Å²) in [6.45, 7) is 0. The molecular formula is C38H27Cl2N3O7. The maximum atomic E-state index is 15.2. The van der Waals surface area contributed by atoms with Crippen molar-refractivity contribution in [3.63, 3.8) is 0 Å². The van der Waals surface area contributed by atoms with Crippen LogP contribution in [0.2, 0.25) is 10.0 Å². The number of rotatable bonds is 5. The topological polar surface area (TPSA) is 138 Å². The van der Waals surface area contributed by atoms with Crippen LogP contribution in [0.5, 0.6) is 5.75 Å². The van der Waals surface area contributed by atoms with Gasteiger partial charge in [-0.05, 0) is 66.3 Å². The second kappa shape index (κ2) is 11.6. The summed E-state index contributed by atoms with van der Waals surface area (Å²) in [4.78, 5) is 71.6. The number of benzene rings is 4. The lowest BCUT2D eigenvalue weighted by atomic mass is 9.49. The molecule has 2 heterocycles. The molecule has 2 aliphatic heterocycles. The highest BCUT2D eigenvalue weighted by atomic mass is 35.5. The molecule has 50 heavy (non-hydrogen) atoms. The number of nitro groups is 1. The van der Waals surface area contributed by atoms with Crippen molar-refractivity contribution >= 4 is 63.9 Å². The zero-order valence-electron chi connectivity index (χ0n) is 26.1. The number of phenols is 1. The molecule has 6 atom stereocenters. The van der Waals surface area contributed by atoms with Gasteiger partial charge in [-0.15, -0.1) is 0 Å². The lowest BCUT2D eigenvalue weighted by Gasteiger charge is -2.51. The smallest absolute Gasteiger partial charge is 0.271 e. The van der Waals surface area contributed by atoms with Crippen molar-refractivity contribution in [2.24, 2.45) is 23.7 Å². The summed E-state index contributed by atoms with van der Waals surface area (Å²) in [7, 11) is 0. The molecule has 0 bridgehead atoms. The number of halogens is 2. The molecule has 3 fully saturated rings. The number of amides is 4. The highest BCUT2D eigenvalue weighted by molar-refractivity contribution is 6.33. The maximum Gasteiger partial charge on any atom is 0.271 e. The molecule has 1 N–H and O–H groups in total. The Hall–Kier alpha value is -5.32. The molecule has 4 aromatic rings. The Kier molecular flexibility index (Phi) is 7.43. The van der Waals surface area contributed by atoms with Crippen molar-refractivity contribution in [1.82, 2.24) is 0 Å². The first-order chi connectivity index (χ1) is 24.0. The molecule has 4 amide bonds. The number of hydrogen-bond donors (Lipinski definition) is 1. The van der Waals surface area contributed by atoms with E-state index in [1.165, 1.54) is 36.4 Å². The number of nitro benzene ring substituents is 1. The first kappa shape index (κ1) is 31.9. The molecule has 12 heteroatoms. The molecular weight excluding hydrogens is 681 g/mol. The van der Waals surface area contributed by atoms with E-state index in [1.807, 2.05) is 24.3 Å². The van der Waals surface area contributed by atoms with Gasteiger partial charge in [0, 0.05) is 28.1 Å². The lowest BCUT2D eigenvalue weighted by molar-refractivity contribution is -0.384. The monoisotopic (exact) mass is 707 g/mol. The Labute approximate surface area is 295 Å². The average Bonchev–Trinajstić information content (AvgIpc) is 3.49. The predicted molar refractivity (Wildman–Crippen MR) is 185 cm³/mol. The van der Waals surface area contributed by atoms with Crippen LogP contribution in [0.25, 0.3) is 0 Å². The van der Waals surface area contributed by atoms with Crippen LogP contribution in [0.15, 0.2) is 109 Å². The van der Waals surface area contributed by atoms with Gasteiger partial charge in [-0.25, -0.2) is 9.80 Å². The zero-order chi connectivity index (χ0) is 35.1. The number of carbonyl (C=O) groups excluding carboxylic acids is 4. The van der Waals surface area contributed by atoms with E-state index in [0.29, 0.717) is 27.4 Å². The van der Waals surface area contributed by atoms with E-state index < -0.39 is 63.6 Å².